The summed E-state index contributed by atoms with van der Waals surface area (Å²) in [6.45, 7) is 5.02. The number of nitrogens with zero attached hydrogens (tertiary/aromatic N) is 3. The summed E-state index contributed by atoms with van der Waals surface area (Å²) in [5.41, 5.74) is 5.47. The van der Waals surface area contributed by atoms with Gasteiger partial charge in [0.25, 0.3) is 0 Å². The second-order valence-corrected chi connectivity index (χ2v) is 6.60. The predicted octanol–water partition coefficient (Wildman–Crippen LogP) is 2.72. The van der Waals surface area contributed by atoms with Crippen molar-refractivity contribution >= 4 is 11.6 Å². The molecule has 0 aliphatic carbocycles. The van der Waals surface area contributed by atoms with E-state index in [0.29, 0.717) is 26.0 Å². The molecular weight excluding hydrogens is 356 g/mol. The first-order valence-corrected chi connectivity index (χ1v) is 9.30. The zero-order chi connectivity index (χ0) is 20.1. The van der Waals surface area contributed by atoms with E-state index >= 15 is 0 Å². The Hall–Kier alpha value is -2.93. The number of amides is 1. The van der Waals surface area contributed by atoms with Crippen LogP contribution in [-0.4, -0.2) is 47.9 Å². The van der Waals surface area contributed by atoms with Crippen molar-refractivity contribution in [3.8, 4) is 17.0 Å². The maximum atomic E-state index is 12.0. The number of methoxy groups -OCH3 is 2. The highest BCUT2D eigenvalue weighted by molar-refractivity contribution is 5.76. The summed E-state index contributed by atoms with van der Waals surface area (Å²) in [5, 5.41) is 7.59. The minimum Gasteiger partial charge on any atom is -0.496 e. The van der Waals surface area contributed by atoms with Gasteiger partial charge in [0.1, 0.15) is 5.75 Å². The van der Waals surface area contributed by atoms with E-state index in [2.05, 4.69) is 5.32 Å². The van der Waals surface area contributed by atoms with Crippen LogP contribution < -0.4 is 10.1 Å². The van der Waals surface area contributed by atoms with Gasteiger partial charge in [0.15, 0.2) is 5.65 Å². The minimum absolute atomic E-state index is 0.00567. The van der Waals surface area contributed by atoms with E-state index in [1.807, 2.05) is 48.7 Å². The second-order valence-electron chi connectivity index (χ2n) is 6.60. The van der Waals surface area contributed by atoms with Gasteiger partial charge in [0.2, 0.25) is 5.91 Å². The van der Waals surface area contributed by atoms with Crippen LogP contribution in [0.5, 0.6) is 5.75 Å². The third-order valence-corrected chi connectivity index (χ3v) is 4.78. The molecule has 0 saturated carbocycles. The fourth-order valence-corrected chi connectivity index (χ4v) is 3.30. The Kier molecular flexibility index (Phi) is 6.26. The number of aryl methyl sites for hydroxylation is 2. The maximum Gasteiger partial charge on any atom is 0.220 e. The Labute approximate surface area is 164 Å². The van der Waals surface area contributed by atoms with Crippen molar-refractivity contribution in [2.45, 2.75) is 26.7 Å². The number of ether oxygens (including phenoxy) is 2. The molecule has 1 aromatic carbocycles. The van der Waals surface area contributed by atoms with Crippen LogP contribution in [0, 0.1) is 13.8 Å². The topological polar surface area (TPSA) is 77.8 Å². The highest BCUT2D eigenvalue weighted by Gasteiger charge is 2.15. The van der Waals surface area contributed by atoms with E-state index < -0.39 is 0 Å². The monoisotopic (exact) mass is 382 g/mol. The number of benzene rings is 1. The molecule has 0 atom stereocenters. The summed E-state index contributed by atoms with van der Waals surface area (Å²) in [6, 6.07) is 9.74. The molecule has 2 heterocycles. The van der Waals surface area contributed by atoms with E-state index in [1.54, 1.807) is 14.2 Å². The molecule has 3 aromatic rings. The third-order valence-electron chi connectivity index (χ3n) is 4.78. The van der Waals surface area contributed by atoms with E-state index in [4.69, 9.17) is 19.6 Å². The number of carbonyl (C=O) groups is 1. The number of para-hydroxylation sites is 1. The lowest BCUT2D eigenvalue weighted by Crippen LogP contribution is -2.27. The Bertz CT molecular complexity index is 981. The van der Waals surface area contributed by atoms with Gasteiger partial charge in [-0.15, -0.1) is 0 Å². The van der Waals surface area contributed by atoms with Crippen molar-refractivity contribution in [2.75, 3.05) is 27.4 Å². The Morgan fingerprint density at radius 1 is 1.21 bits per heavy atom. The lowest BCUT2D eigenvalue weighted by Gasteiger charge is -2.11. The van der Waals surface area contributed by atoms with Crippen LogP contribution in [0.3, 0.4) is 0 Å². The summed E-state index contributed by atoms with van der Waals surface area (Å²) in [5.74, 6) is 0.777. The molecule has 2 aromatic heterocycles. The SMILES string of the molecule is COCCNC(=O)CCc1c(C)nc2cc(-c3ccccc3OC)nn2c1C. The van der Waals surface area contributed by atoms with Gasteiger partial charge in [-0.25, -0.2) is 9.50 Å². The van der Waals surface area contributed by atoms with Gasteiger partial charge in [0, 0.05) is 43.1 Å². The largest absolute Gasteiger partial charge is 0.496 e. The molecule has 0 spiro atoms. The van der Waals surface area contributed by atoms with Crippen molar-refractivity contribution < 1.29 is 14.3 Å². The van der Waals surface area contributed by atoms with Gasteiger partial charge in [-0.2, -0.15) is 5.10 Å². The van der Waals surface area contributed by atoms with Crippen LogP contribution >= 0.6 is 0 Å². The average molecular weight is 382 g/mol. The van der Waals surface area contributed by atoms with Gasteiger partial charge in [-0.3, -0.25) is 4.79 Å². The Morgan fingerprint density at radius 3 is 2.75 bits per heavy atom. The number of rotatable bonds is 8. The summed E-state index contributed by atoms with van der Waals surface area (Å²) in [7, 11) is 3.27. The summed E-state index contributed by atoms with van der Waals surface area (Å²) >= 11 is 0. The molecule has 0 bridgehead atoms. The number of aromatic nitrogens is 3. The molecule has 7 nitrogen and oxygen atoms in total. The molecule has 28 heavy (non-hydrogen) atoms. The Balaban J connectivity index is 1.87. The van der Waals surface area contributed by atoms with Crippen molar-refractivity contribution in [2.24, 2.45) is 0 Å². The molecule has 1 N–H and O–H groups in total. The zero-order valence-electron chi connectivity index (χ0n) is 16.8. The van der Waals surface area contributed by atoms with E-state index in [0.717, 1.165) is 39.6 Å². The summed E-state index contributed by atoms with van der Waals surface area (Å²) in [4.78, 5) is 16.7. The van der Waals surface area contributed by atoms with Crippen LogP contribution in [0.15, 0.2) is 30.3 Å². The summed E-state index contributed by atoms with van der Waals surface area (Å²) in [6.07, 6.45) is 1.02. The van der Waals surface area contributed by atoms with Gasteiger partial charge < -0.3 is 14.8 Å². The first-order chi connectivity index (χ1) is 13.5. The first-order valence-electron chi connectivity index (χ1n) is 9.30. The number of hydrogen-bond donors (Lipinski definition) is 1. The van der Waals surface area contributed by atoms with Gasteiger partial charge in [0.05, 0.1) is 19.4 Å². The molecule has 0 radical (unpaired) electrons. The molecule has 7 heteroatoms. The molecule has 148 valence electrons. The highest BCUT2D eigenvalue weighted by atomic mass is 16.5. The van der Waals surface area contributed by atoms with Gasteiger partial charge >= 0.3 is 0 Å². The number of fused-ring (bicyclic) bond motifs is 1. The van der Waals surface area contributed by atoms with Crippen LogP contribution in [0.2, 0.25) is 0 Å². The maximum absolute atomic E-state index is 12.0. The average Bonchev–Trinajstić information content (AvgIpc) is 3.12. The minimum atomic E-state index is 0.00567. The van der Waals surface area contributed by atoms with Crippen LogP contribution in [0.4, 0.5) is 0 Å². The molecular formula is C21H26N4O3. The highest BCUT2D eigenvalue weighted by Crippen LogP contribution is 2.29. The second kappa shape index (κ2) is 8.84. The van der Waals surface area contributed by atoms with Crippen molar-refractivity contribution in [3.63, 3.8) is 0 Å². The number of hydrogen-bond acceptors (Lipinski definition) is 5. The molecule has 0 saturated heterocycles. The fourth-order valence-electron chi connectivity index (χ4n) is 3.30. The van der Waals surface area contributed by atoms with Crippen molar-refractivity contribution in [1.82, 2.24) is 19.9 Å². The van der Waals surface area contributed by atoms with Crippen molar-refractivity contribution in [1.29, 1.82) is 0 Å². The normalized spacial score (nSPS) is 11.0. The summed E-state index contributed by atoms with van der Waals surface area (Å²) < 4.78 is 12.2. The quantitative estimate of drug-likeness (QED) is 0.606. The lowest BCUT2D eigenvalue weighted by molar-refractivity contribution is -0.121. The molecule has 0 aliphatic rings. The van der Waals surface area contributed by atoms with E-state index in [1.165, 1.54) is 0 Å². The van der Waals surface area contributed by atoms with Gasteiger partial charge in [-0.1, -0.05) is 12.1 Å². The van der Waals surface area contributed by atoms with E-state index in [9.17, 15) is 4.79 Å². The first kappa shape index (κ1) is 19.8. The van der Waals surface area contributed by atoms with Crippen LogP contribution in [0.1, 0.15) is 23.4 Å². The van der Waals surface area contributed by atoms with E-state index in [-0.39, 0.29) is 5.91 Å². The lowest BCUT2D eigenvalue weighted by atomic mass is 10.1. The molecule has 3 rings (SSSR count). The number of carbonyl (C=O) groups excluding carboxylic acids is 1. The molecule has 1 amide bonds. The molecule has 0 unspecified atom stereocenters. The smallest absolute Gasteiger partial charge is 0.220 e. The number of nitrogens with one attached hydrogen (secondary N) is 1. The Morgan fingerprint density at radius 2 is 2.00 bits per heavy atom. The third kappa shape index (κ3) is 4.14. The predicted molar refractivity (Wildman–Crippen MR) is 108 cm³/mol. The molecule has 0 fully saturated rings. The fraction of sp³-hybridized carbons (Fsp3) is 0.381. The van der Waals surface area contributed by atoms with Crippen molar-refractivity contribution in [3.05, 3.63) is 47.3 Å². The van der Waals surface area contributed by atoms with Crippen LogP contribution in [-0.2, 0) is 16.0 Å². The standard InChI is InChI=1S/C21H26N4O3/c1-14-16(9-10-21(26)22-11-12-27-3)15(2)25-20(23-14)13-18(24-25)17-7-5-6-8-19(17)28-4/h5-8,13H,9-12H2,1-4H3,(H,22,26). The zero-order valence-corrected chi connectivity index (χ0v) is 16.8. The van der Waals surface area contributed by atoms with Gasteiger partial charge in [-0.05, 0) is 38.0 Å². The molecule has 0 aliphatic heterocycles. The van der Waals surface area contributed by atoms with Crippen LogP contribution in [0.25, 0.3) is 16.9 Å².